The van der Waals surface area contributed by atoms with Gasteiger partial charge in [0.2, 0.25) is 11.8 Å². The fourth-order valence-electron chi connectivity index (χ4n) is 2.03. The largest absolute Gasteiger partial charge is 0.411 e. The summed E-state index contributed by atoms with van der Waals surface area (Å²) < 4.78 is 18.5. The molecule has 0 fully saturated rings. The zero-order valence-electron chi connectivity index (χ0n) is 13.1. The van der Waals surface area contributed by atoms with Gasteiger partial charge in [-0.15, -0.1) is 10.2 Å². The predicted octanol–water partition coefficient (Wildman–Crippen LogP) is 3.51. The molecule has 0 saturated carbocycles. The number of hydrogen-bond donors (Lipinski definition) is 1. The molecule has 1 amide bonds. The number of thioether (sulfide) groups is 1. The van der Waals surface area contributed by atoms with Crippen LogP contribution in [0, 0.1) is 15.9 Å². The molecule has 0 aliphatic rings. The molecule has 0 unspecified atom stereocenters. The lowest BCUT2D eigenvalue weighted by Crippen LogP contribution is -2.14. The topological polar surface area (TPSA) is 111 Å². The Morgan fingerprint density at radius 1 is 1.23 bits per heavy atom. The van der Waals surface area contributed by atoms with Crippen molar-refractivity contribution in [3.05, 3.63) is 64.5 Å². The molecular weight excluding hydrogens is 363 g/mol. The number of halogens is 1. The number of aromatic nitrogens is 2. The van der Waals surface area contributed by atoms with Crippen LogP contribution in [-0.2, 0) is 4.79 Å². The van der Waals surface area contributed by atoms with E-state index in [1.165, 1.54) is 36.4 Å². The van der Waals surface area contributed by atoms with E-state index in [1.807, 2.05) is 0 Å². The molecule has 1 heterocycles. The minimum atomic E-state index is -0.522. The van der Waals surface area contributed by atoms with Crippen LogP contribution in [0.25, 0.3) is 11.5 Å². The number of nitro groups is 1. The van der Waals surface area contributed by atoms with Crippen molar-refractivity contribution in [2.45, 2.75) is 5.22 Å². The third-order valence-electron chi connectivity index (χ3n) is 3.15. The van der Waals surface area contributed by atoms with Crippen LogP contribution in [0.5, 0.6) is 0 Å². The number of benzene rings is 2. The van der Waals surface area contributed by atoms with E-state index in [1.54, 1.807) is 12.1 Å². The van der Waals surface area contributed by atoms with Crippen molar-refractivity contribution < 1.29 is 18.5 Å². The van der Waals surface area contributed by atoms with Gasteiger partial charge < -0.3 is 9.73 Å². The van der Waals surface area contributed by atoms with Crippen LogP contribution in [0.3, 0.4) is 0 Å². The van der Waals surface area contributed by atoms with E-state index in [-0.39, 0.29) is 28.5 Å². The minimum absolute atomic E-state index is 0.0207. The molecule has 3 rings (SSSR count). The van der Waals surface area contributed by atoms with Gasteiger partial charge in [0.15, 0.2) is 0 Å². The Balaban J connectivity index is 1.61. The van der Waals surface area contributed by atoms with Crippen molar-refractivity contribution in [1.29, 1.82) is 0 Å². The normalized spacial score (nSPS) is 10.5. The molecule has 26 heavy (non-hydrogen) atoms. The first-order chi connectivity index (χ1) is 12.5. The number of amides is 1. The number of nitrogens with zero attached hydrogens (tertiary/aromatic N) is 3. The summed E-state index contributed by atoms with van der Waals surface area (Å²) in [7, 11) is 0. The number of hydrogen-bond acceptors (Lipinski definition) is 7. The number of nitro benzene ring substituents is 1. The highest BCUT2D eigenvalue weighted by Crippen LogP contribution is 2.26. The molecule has 0 atom stereocenters. The lowest BCUT2D eigenvalue weighted by Gasteiger charge is -2.03. The van der Waals surface area contributed by atoms with Crippen LogP contribution in [-0.4, -0.2) is 26.8 Å². The highest BCUT2D eigenvalue weighted by molar-refractivity contribution is 7.99. The first kappa shape index (κ1) is 17.5. The van der Waals surface area contributed by atoms with Crippen LogP contribution in [0.1, 0.15) is 0 Å². The summed E-state index contributed by atoms with van der Waals surface area (Å²) in [5, 5.41) is 21.1. The summed E-state index contributed by atoms with van der Waals surface area (Å²) in [4.78, 5) is 22.2. The molecule has 0 spiro atoms. The van der Waals surface area contributed by atoms with Crippen molar-refractivity contribution >= 4 is 29.0 Å². The van der Waals surface area contributed by atoms with Crippen LogP contribution >= 0.6 is 11.8 Å². The number of carbonyl (C=O) groups excluding carboxylic acids is 1. The summed E-state index contributed by atoms with van der Waals surface area (Å²) in [6, 6.07) is 11.3. The summed E-state index contributed by atoms with van der Waals surface area (Å²) >= 11 is 0.998. The van der Waals surface area contributed by atoms with Gasteiger partial charge in [-0.05, 0) is 24.3 Å². The van der Waals surface area contributed by atoms with Crippen molar-refractivity contribution in [1.82, 2.24) is 10.2 Å². The predicted molar refractivity (Wildman–Crippen MR) is 92.1 cm³/mol. The first-order valence-corrected chi connectivity index (χ1v) is 8.26. The van der Waals surface area contributed by atoms with Gasteiger partial charge in [0, 0.05) is 23.4 Å². The zero-order chi connectivity index (χ0) is 18.5. The van der Waals surface area contributed by atoms with Crippen molar-refractivity contribution in [3.63, 3.8) is 0 Å². The maximum absolute atomic E-state index is 13.1. The second kappa shape index (κ2) is 7.74. The fourth-order valence-corrected chi connectivity index (χ4v) is 2.59. The summed E-state index contributed by atoms with van der Waals surface area (Å²) in [6.07, 6.45) is 0. The Morgan fingerprint density at radius 3 is 2.81 bits per heavy atom. The lowest BCUT2D eigenvalue weighted by atomic mass is 10.2. The van der Waals surface area contributed by atoms with E-state index in [4.69, 9.17) is 4.42 Å². The maximum atomic E-state index is 13.1. The molecule has 132 valence electrons. The monoisotopic (exact) mass is 374 g/mol. The van der Waals surface area contributed by atoms with E-state index in [2.05, 4.69) is 15.5 Å². The average molecular weight is 374 g/mol. The van der Waals surface area contributed by atoms with Crippen LogP contribution in [0.2, 0.25) is 0 Å². The van der Waals surface area contributed by atoms with Gasteiger partial charge in [0.25, 0.3) is 10.9 Å². The summed E-state index contributed by atoms with van der Waals surface area (Å²) in [5.41, 5.74) is 0.658. The molecular formula is C16H11FN4O4S. The number of carbonyl (C=O) groups is 1. The van der Waals surface area contributed by atoms with Crippen molar-refractivity contribution in [2.24, 2.45) is 0 Å². The molecule has 0 aliphatic carbocycles. The molecule has 1 aromatic heterocycles. The van der Waals surface area contributed by atoms with E-state index in [9.17, 15) is 19.3 Å². The Hall–Kier alpha value is -3.27. The highest BCUT2D eigenvalue weighted by atomic mass is 32.2. The molecule has 3 aromatic rings. The number of anilines is 1. The van der Waals surface area contributed by atoms with Gasteiger partial charge in [0.05, 0.1) is 10.7 Å². The molecule has 0 saturated heterocycles. The lowest BCUT2D eigenvalue weighted by molar-refractivity contribution is -0.384. The molecule has 10 heteroatoms. The first-order valence-electron chi connectivity index (χ1n) is 7.28. The number of nitrogens with one attached hydrogen (secondary N) is 1. The second-order valence-corrected chi connectivity index (χ2v) is 5.95. The van der Waals surface area contributed by atoms with E-state index >= 15 is 0 Å². The van der Waals surface area contributed by atoms with Crippen LogP contribution in [0.15, 0.2) is 58.2 Å². The fraction of sp³-hybridized carbons (Fsp3) is 0.0625. The third kappa shape index (κ3) is 4.42. The molecule has 0 aliphatic heterocycles. The summed E-state index contributed by atoms with van der Waals surface area (Å²) in [5.74, 6) is -0.723. The number of rotatable bonds is 6. The molecule has 0 bridgehead atoms. The zero-order valence-corrected chi connectivity index (χ0v) is 13.9. The van der Waals surface area contributed by atoms with Gasteiger partial charge in [-0.2, -0.15) is 0 Å². The van der Waals surface area contributed by atoms with Crippen LogP contribution < -0.4 is 5.32 Å². The van der Waals surface area contributed by atoms with E-state index in [0.29, 0.717) is 11.3 Å². The van der Waals surface area contributed by atoms with Gasteiger partial charge in [-0.25, -0.2) is 4.39 Å². The quantitative estimate of drug-likeness (QED) is 0.399. The van der Waals surface area contributed by atoms with Gasteiger partial charge in [-0.3, -0.25) is 14.9 Å². The maximum Gasteiger partial charge on any atom is 0.277 e. The van der Waals surface area contributed by atoms with E-state index in [0.717, 1.165) is 11.8 Å². The van der Waals surface area contributed by atoms with Gasteiger partial charge >= 0.3 is 0 Å². The molecule has 1 N–H and O–H groups in total. The second-order valence-electron chi connectivity index (χ2n) is 5.03. The Kier molecular flexibility index (Phi) is 5.23. The van der Waals surface area contributed by atoms with Crippen molar-refractivity contribution in [2.75, 3.05) is 11.1 Å². The van der Waals surface area contributed by atoms with Gasteiger partial charge in [0.1, 0.15) is 5.82 Å². The Morgan fingerprint density at radius 2 is 2.04 bits per heavy atom. The SMILES string of the molecule is O=C(CSc1nnc(-c2cccc([N+](=O)[O-])c2)o1)Nc1cccc(F)c1. The molecule has 0 radical (unpaired) electrons. The van der Waals surface area contributed by atoms with Crippen molar-refractivity contribution in [3.8, 4) is 11.5 Å². The van der Waals surface area contributed by atoms with Crippen LogP contribution in [0.4, 0.5) is 15.8 Å². The molecule has 8 nitrogen and oxygen atoms in total. The smallest absolute Gasteiger partial charge is 0.277 e. The Labute approximate surface area is 150 Å². The molecule has 2 aromatic carbocycles. The number of non-ortho nitro benzene ring substituents is 1. The third-order valence-corrected chi connectivity index (χ3v) is 3.96. The minimum Gasteiger partial charge on any atom is -0.411 e. The Bertz CT molecular complexity index is 963. The standard InChI is InChI=1S/C16H11FN4O4S/c17-11-4-2-5-12(8-11)18-14(22)9-26-16-20-19-15(25-16)10-3-1-6-13(7-10)21(23)24/h1-8H,9H2,(H,18,22). The van der Waals surface area contributed by atoms with Gasteiger partial charge in [-0.1, -0.05) is 23.9 Å². The average Bonchev–Trinajstić information content (AvgIpc) is 3.09. The van der Waals surface area contributed by atoms with E-state index < -0.39 is 10.7 Å². The summed E-state index contributed by atoms with van der Waals surface area (Å²) in [6.45, 7) is 0. The highest BCUT2D eigenvalue weighted by Gasteiger charge is 2.14.